The molecule has 410 valence electrons. The monoisotopic (exact) mass is 1060 g/mol. The number of amides is 6. The lowest BCUT2D eigenvalue weighted by Gasteiger charge is -2.43. The number of halogens is 2. The van der Waals surface area contributed by atoms with E-state index < -0.39 is 92.5 Å². The molecule has 7 rings (SSSR count). The topological polar surface area (TPSA) is 277 Å². The molecule has 2 aromatic carbocycles. The molecule has 0 bridgehead atoms. The molecular formula is C53H74F2N10O9S. The summed E-state index contributed by atoms with van der Waals surface area (Å²) in [6.45, 7) is 9.82. The molecule has 3 fully saturated rings. The van der Waals surface area contributed by atoms with Gasteiger partial charge in [-0.3, -0.25) is 33.8 Å². The Morgan fingerprint density at radius 3 is 2.07 bits per heavy atom. The third-order valence-electron chi connectivity index (χ3n) is 15.2. The third kappa shape index (κ3) is 13.3. The molecule has 4 heterocycles. The van der Waals surface area contributed by atoms with E-state index >= 15 is 0 Å². The maximum absolute atomic E-state index is 14.6. The maximum atomic E-state index is 14.6. The Morgan fingerprint density at radius 2 is 1.43 bits per heavy atom. The number of carbonyl (C=O) groups is 6. The van der Waals surface area contributed by atoms with Crippen LogP contribution in [0.25, 0.3) is 0 Å². The number of sulfonamides is 1. The Bertz CT molecular complexity index is 2690. The molecule has 22 heteroatoms. The zero-order valence-corrected chi connectivity index (χ0v) is 44.6. The highest BCUT2D eigenvalue weighted by Crippen LogP contribution is 2.44. The van der Waals surface area contributed by atoms with Gasteiger partial charge >= 0.3 is 0 Å². The number of fused-ring (bicyclic) bond motifs is 3. The van der Waals surface area contributed by atoms with Crippen LogP contribution in [0.1, 0.15) is 132 Å². The Balaban J connectivity index is 1.11. The molecule has 0 unspecified atom stereocenters. The molecule has 1 aliphatic carbocycles. The van der Waals surface area contributed by atoms with Gasteiger partial charge in [0, 0.05) is 50.7 Å². The van der Waals surface area contributed by atoms with Crippen molar-refractivity contribution in [3.05, 3.63) is 69.8 Å². The van der Waals surface area contributed by atoms with Crippen molar-refractivity contribution >= 4 is 51.4 Å². The Hall–Kier alpha value is -6.16. The van der Waals surface area contributed by atoms with E-state index in [1.807, 2.05) is 32.9 Å². The number of rotatable bonds is 8. The SMILES string of the molecule is Cc1c(C)c(S(=O)(=O)NC(N)=NCCC[C@@H]2NC(=O)C3(CCC3)NC(=O)[C@@H]3CCCN3C(=O)[C@@H](Cc3cc(F)cc(F)c3)NC(=O)[C@@H](N)CCC/C=C/CCCNC(=O)[C@@H]3CCCN3C2=O)c(C)c2c1OC(C)(C)C2. The van der Waals surface area contributed by atoms with E-state index in [0.29, 0.717) is 92.8 Å². The lowest BCUT2D eigenvalue weighted by molar-refractivity contribution is -0.146. The zero-order valence-electron chi connectivity index (χ0n) is 43.8. The summed E-state index contributed by atoms with van der Waals surface area (Å²) in [5, 5.41) is 11.4. The number of guanidine groups is 1. The molecule has 9 N–H and O–H groups in total. The van der Waals surface area contributed by atoms with Gasteiger partial charge in [-0.2, -0.15) is 0 Å². The van der Waals surface area contributed by atoms with Crippen LogP contribution < -0.4 is 42.2 Å². The van der Waals surface area contributed by atoms with E-state index in [1.54, 1.807) is 13.8 Å². The first-order valence-corrected chi connectivity index (χ1v) is 27.8. The van der Waals surface area contributed by atoms with Crippen molar-refractivity contribution in [3.8, 4) is 5.75 Å². The summed E-state index contributed by atoms with van der Waals surface area (Å²) in [6, 6.07) is -2.60. The summed E-state index contributed by atoms with van der Waals surface area (Å²) in [5.74, 6) is -4.84. The van der Waals surface area contributed by atoms with Crippen molar-refractivity contribution in [2.24, 2.45) is 16.5 Å². The first-order chi connectivity index (χ1) is 35.5. The molecule has 1 saturated carbocycles. The van der Waals surface area contributed by atoms with Gasteiger partial charge in [-0.1, -0.05) is 12.2 Å². The van der Waals surface area contributed by atoms with Crippen molar-refractivity contribution < 1.29 is 50.7 Å². The fraction of sp³-hybridized carbons (Fsp3) is 0.604. The van der Waals surface area contributed by atoms with Crippen LogP contribution in [-0.2, 0) is 51.6 Å². The lowest BCUT2D eigenvalue weighted by atomic mass is 9.75. The summed E-state index contributed by atoms with van der Waals surface area (Å²) in [6.07, 6.45) is 9.52. The number of nitrogens with zero attached hydrogens (tertiary/aromatic N) is 3. The lowest BCUT2D eigenvalue weighted by Crippen LogP contribution is -2.67. The Morgan fingerprint density at radius 1 is 0.800 bits per heavy atom. The number of benzene rings is 2. The van der Waals surface area contributed by atoms with Gasteiger partial charge in [0.05, 0.1) is 10.9 Å². The van der Waals surface area contributed by atoms with Gasteiger partial charge in [0.1, 0.15) is 52.7 Å². The average molecular weight is 1070 g/mol. The van der Waals surface area contributed by atoms with Crippen molar-refractivity contribution in [3.63, 3.8) is 0 Å². The van der Waals surface area contributed by atoms with E-state index in [1.165, 1.54) is 9.80 Å². The fourth-order valence-electron chi connectivity index (χ4n) is 11.0. The van der Waals surface area contributed by atoms with E-state index in [-0.39, 0.29) is 86.9 Å². The highest BCUT2D eigenvalue weighted by molar-refractivity contribution is 7.90. The van der Waals surface area contributed by atoms with Crippen LogP contribution in [0.5, 0.6) is 5.75 Å². The predicted molar refractivity (Wildman–Crippen MR) is 276 cm³/mol. The molecule has 5 atom stereocenters. The minimum Gasteiger partial charge on any atom is -0.487 e. The van der Waals surface area contributed by atoms with Gasteiger partial charge in [0.25, 0.3) is 10.0 Å². The third-order valence-corrected chi connectivity index (χ3v) is 16.9. The number of hydrogen-bond donors (Lipinski definition) is 7. The number of ether oxygens (including phenoxy) is 1. The van der Waals surface area contributed by atoms with Crippen molar-refractivity contribution in [2.75, 3.05) is 26.2 Å². The van der Waals surface area contributed by atoms with E-state index in [4.69, 9.17) is 16.2 Å². The molecule has 0 aromatic heterocycles. The molecule has 2 saturated heterocycles. The maximum Gasteiger partial charge on any atom is 0.264 e. The second kappa shape index (κ2) is 23.8. The molecular weight excluding hydrogens is 991 g/mol. The number of carbonyl (C=O) groups excluding carboxylic acids is 6. The second-order valence-corrected chi connectivity index (χ2v) is 23.0. The van der Waals surface area contributed by atoms with E-state index in [9.17, 15) is 46.0 Å². The number of hydrogen-bond acceptors (Lipinski definition) is 11. The van der Waals surface area contributed by atoms with Crippen LogP contribution in [0, 0.1) is 32.4 Å². The van der Waals surface area contributed by atoms with Crippen LogP contribution >= 0.6 is 0 Å². The van der Waals surface area contributed by atoms with Crippen LogP contribution in [0.4, 0.5) is 8.78 Å². The molecule has 19 nitrogen and oxygen atoms in total. The highest BCUT2D eigenvalue weighted by Gasteiger charge is 2.50. The van der Waals surface area contributed by atoms with Gasteiger partial charge in [0.15, 0.2) is 0 Å². The Kier molecular flexibility index (Phi) is 18.0. The normalized spacial score (nSPS) is 25.8. The molecule has 0 radical (unpaired) electrons. The number of nitrogens with one attached hydrogen (secondary N) is 5. The zero-order chi connectivity index (χ0) is 54.4. The summed E-state index contributed by atoms with van der Waals surface area (Å²) in [5.41, 5.74) is 13.2. The van der Waals surface area contributed by atoms with Gasteiger partial charge in [-0.25, -0.2) is 21.9 Å². The van der Waals surface area contributed by atoms with Crippen molar-refractivity contribution in [2.45, 2.75) is 184 Å². The van der Waals surface area contributed by atoms with Gasteiger partial charge < -0.3 is 47.3 Å². The first kappa shape index (κ1) is 56.6. The summed E-state index contributed by atoms with van der Waals surface area (Å²) < 4.78 is 65.1. The van der Waals surface area contributed by atoms with Crippen molar-refractivity contribution in [1.82, 2.24) is 35.8 Å². The molecule has 5 aliphatic rings. The Labute approximate surface area is 438 Å². The number of allylic oxidation sites excluding steroid dienone is 2. The van der Waals surface area contributed by atoms with Gasteiger partial charge in [-0.05, 0) is 159 Å². The molecule has 75 heavy (non-hydrogen) atoms. The molecule has 6 amide bonds. The van der Waals surface area contributed by atoms with E-state index in [2.05, 4.69) is 31.0 Å². The molecule has 2 aromatic rings. The molecule has 1 spiro atoms. The van der Waals surface area contributed by atoms with Crippen LogP contribution in [0.2, 0.25) is 0 Å². The standard InChI is InChI=1S/C53H74F2N10O9S/c1-31-32(2)44(33(3)37-30-52(4,5)74-43(31)37)75(72,73)63-51(57)59-23-12-17-39-48(69)64-24-13-18-41(64)46(67)58-22-11-9-7-6-8-10-16-38(56)45(66)60-40(28-34-26-35(54)29-36(55)27-34)49(70)65-25-14-19-42(65)47(68)62-53(20-15-21-53)50(71)61-39/h6-7,26-27,29,38-42H,8-25,28,30,56H2,1-5H3,(H,58,67)(H,60,66)(H,61,71)(H,62,68)(H3,57,59,63)/b7-6+/t38-,39-,40+,41-,42-/m0/s1. The minimum absolute atomic E-state index is 0.00417. The summed E-state index contributed by atoms with van der Waals surface area (Å²) >= 11 is 0. The fourth-order valence-corrected chi connectivity index (χ4v) is 12.5. The van der Waals surface area contributed by atoms with Gasteiger partial charge in [0.2, 0.25) is 41.4 Å². The quantitative estimate of drug-likeness (QED) is 0.0873. The average Bonchev–Trinajstić information content (AvgIpc) is 4.10. The highest BCUT2D eigenvalue weighted by atomic mass is 32.2. The first-order valence-electron chi connectivity index (χ1n) is 26.3. The second-order valence-electron chi connectivity index (χ2n) is 21.4. The van der Waals surface area contributed by atoms with Crippen LogP contribution in [0.3, 0.4) is 0 Å². The smallest absolute Gasteiger partial charge is 0.264 e. The summed E-state index contributed by atoms with van der Waals surface area (Å²) in [4.78, 5) is 92.3. The van der Waals surface area contributed by atoms with E-state index in [0.717, 1.165) is 17.7 Å². The molecule has 4 aliphatic heterocycles. The number of nitrogens with two attached hydrogens (primary N) is 2. The summed E-state index contributed by atoms with van der Waals surface area (Å²) in [7, 11) is -4.21. The number of aliphatic imine (C=N–C) groups is 1. The van der Waals surface area contributed by atoms with Gasteiger partial charge in [-0.15, -0.1) is 0 Å². The predicted octanol–water partition coefficient (Wildman–Crippen LogP) is 3.17. The van der Waals surface area contributed by atoms with Crippen molar-refractivity contribution in [1.29, 1.82) is 0 Å². The van der Waals surface area contributed by atoms with Crippen LogP contribution in [-0.4, -0.2) is 127 Å². The van der Waals surface area contributed by atoms with Crippen LogP contribution in [0.15, 0.2) is 40.2 Å². The minimum atomic E-state index is -4.21. The largest absolute Gasteiger partial charge is 0.487 e.